The third kappa shape index (κ3) is 10.4. The number of ether oxygens (including phenoxy) is 4. The molecule has 0 saturated carbocycles. The molecule has 4 heterocycles. The standard InChI is InChI=1S/C39H45N4O14P/c1-4-5-12-17-52-58(50,53-23-31-28(56-37(47)27-15-10-7-11-16-27)18-32(55-31)42-20-24(2)34(44)40-38(42)48)57-29-19-33(43-21-25(3)35(45)41-39(43)49)54-30(29)22-51-36(46)26-13-8-6-9-14-26/h6-11,13-16,20-21,28-33H,4-5,12,17-19,22-23H2,1-3H3,(H,40,44,48)(H,41,45,49)/t28-,29-,30+,31+,32+,33+,58?/m0/s1. The minimum Gasteiger partial charge on any atom is -0.459 e. The van der Waals surface area contributed by atoms with Crippen LogP contribution in [-0.4, -0.2) is 75.3 Å². The lowest BCUT2D eigenvalue weighted by Crippen LogP contribution is -2.34. The first kappa shape index (κ1) is 42.4. The van der Waals surface area contributed by atoms with Gasteiger partial charge < -0.3 is 18.9 Å². The van der Waals surface area contributed by atoms with Gasteiger partial charge in [-0.05, 0) is 44.5 Å². The monoisotopic (exact) mass is 824 g/mol. The lowest BCUT2D eigenvalue weighted by molar-refractivity contribution is -0.0651. The van der Waals surface area contributed by atoms with Gasteiger partial charge in [-0.15, -0.1) is 0 Å². The molecular formula is C39H45N4O14P. The SMILES string of the molecule is CCCCCOP(=O)(OC[C@H]1O[C@@H](n2cc(C)c(=O)[nH]c2=O)C[C@@H]1OC(=O)c1ccccc1)O[C@H]1C[C@H](n2cc(C)c(=O)[nH]c2=O)O[C@@H]1COC(=O)c1ccccc1. The number of aryl methyl sites for hydroxylation is 2. The molecule has 4 aromatic rings. The Morgan fingerprint density at radius 1 is 0.724 bits per heavy atom. The fraction of sp³-hybridized carbons (Fsp3) is 0.436. The Kier molecular flexibility index (Phi) is 13.9. The van der Waals surface area contributed by atoms with Crippen molar-refractivity contribution < 1.29 is 46.7 Å². The second kappa shape index (κ2) is 19.0. The third-order valence-corrected chi connectivity index (χ3v) is 11.1. The van der Waals surface area contributed by atoms with Crippen molar-refractivity contribution in [2.45, 2.75) is 89.7 Å². The molecule has 0 amide bonds. The second-order valence-corrected chi connectivity index (χ2v) is 15.5. The van der Waals surface area contributed by atoms with Gasteiger partial charge in [-0.2, -0.15) is 0 Å². The number of hydrogen-bond acceptors (Lipinski definition) is 14. The van der Waals surface area contributed by atoms with Crippen molar-refractivity contribution in [3.63, 3.8) is 0 Å². The van der Waals surface area contributed by atoms with Crippen molar-refractivity contribution in [1.82, 2.24) is 19.1 Å². The molecule has 7 atom stereocenters. The van der Waals surface area contributed by atoms with Gasteiger partial charge in [0.1, 0.15) is 43.5 Å². The zero-order valence-electron chi connectivity index (χ0n) is 32.1. The summed E-state index contributed by atoms with van der Waals surface area (Å²) in [6, 6.07) is 16.4. The van der Waals surface area contributed by atoms with Gasteiger partial charge in [-0.1, -0.05) is 56.2 Å². The van der Waals surface area contributed by atoms with E-state index in [0.29, 0.717) is 6.42 Å². The van der Waals surface area contributed by atoms with Crippen LogP contribution in [0.3, 0.4) is 0 Å². The predicted molar refractivity (Wildman–Crippen MR) is 205 cm³/mol. The van der Waals surface area contributed by atoms with Crippen LogP contribution in [0.2, 0.25) is 0 Å². The summed E-state index contributed by atoms with van der Waals surface area (Å²) in [4.78, 5) is 80.5. The maximum absolute atomic E-state index is 14.6. The van der Waals surface area contributed by atoms with Gasteiger partial charge >= 0.3 is 31.1 Å². The van der Waals surface area contributed by atoms with Crippen LogP contribution in [0.25, 0.3) is 0 Å². The molecule has 0 bridgehead atoms. The van der Waals surface area contributed by atoms with Crippen LogP contribution < -0.4 is 22.5 Å². The number of benzene rings is 2. The molecule has 310 valence electrons. The lowest BCUT2D eigenvalue weighted by atomic mass is 10.1. The fourth-order valence-corrected chi connectivity index (χ4v) is 7.86. The molecule has 2 aliphatic heterocycles. The first-order chi connectivity index (χ1) is 27.8. The molecule has 0 radical (unpaired) electrons. The number of unbranched alkanes of at least 4 members (excludes halogenated alkanes) is 2. The number of aromatic amines is 2. The van der Waals surface area contributed by atoms with E-state index >= 15 is 0 Å². The van der Waals surface area contributed by atoms with E-state index in [9.17, 15) is 33.3 Å². The van der Waals surface area contributed by atoms with Crippen LogP contribution in [0, 0.1) is 13.8 Å². The molecule has 58 heavy (non-hydrogen) atoms. The normalized spacial score (nSPS) is 22.7. The molecule has 1 unspecified atom stereocenters. The Bertz CT molecular complexity index is 2340. The van der Waals surface area contributed by atoms with Crippen LogP contribution in [0.15, 0.2) is 92.2 Å². The molecule has 2 N–H and O–H groups in total. The van der Waals surface area contributed by atoms with E-state index in [2.05, 4.69) is 9.97 Å². The van der Waals surface area contributed by atoms with Crippen molar-refractivity contribution in [3.8, 4) is 0 Å². The number of aromatic nitrogens is 4. The van der Waals surface area contributed by atoms with Gasteiger partial charge in [0.05, 0.1) is 24.3 Å². The Balaban J connectivity index is 1.26. The highest BCUT2D eigenvalue weighted by Crippen LogP contribution is 2.54. The maximum atomic E-state index is 14.6. The predicted octanol–water partition coefficient (Wildman–Crippen LogP) is 4.08. The van der Waals surface area contributed by atoms with Crippen LogP contribution in [0.5, 0.6) is 0 Å². The highest BCUT2D eigenvalue weighted by atomic mass is 31.2. The fourth-order valence-electron chi connectivity index (χ4n) is 6.43. The number of esters is 2. The van der Waals surface area contributed by atoms with Gasteiger partial charge in [0.25, 0.3) is 11.1 Å². The van der Waals surface area contributed by atoms with E-state index in [-0.39, 0.29) is 48.3 Å². The van der Waals surface area contributed by atoms with E-state index < -0.39 is 85.7 Å². The topological polar surface area (TPSA) is 226 Å². The number of nitrogens with one attached hydrogen (secondary N) is 2. The molecule has 2 fully saturated rings. The van der Waals surface area contributed by atoms with Gasteiger partial charge in [0.2, 0.25) is 0 Å². The largest absolute Gasteiger partial charge is 0.475 e. The van der Waals surface area contributed by atoms with E-state index in [1.807, 2.05) is 6.92 Å². The minimum atomic E-state index is -4.59. The van der Waals surface area contributed by atoms with Crippen molar-refractivity contribution in [2.75, 3.05) is 19.8 Å². The van der Waals surface area contributed by atoms with E-state index in [0.717, 1.165) is 22.0 Å². The van der Waals surface area contributed by atoms with E-state index in [1.54, 1.807) is 60.7 Å². The van der Waals surface area contributed by atoms with Crippen molar-refractivity contribution in [2.24, 2.45) is 0 Å². The Labute approximate surface area is 331 Å². The first-order valence-corrected chi connectivity index (χ1v) is 20.3. The number of carbonyl (C=O) groups is 2. The lowest BCUT2D eigenvalue weighted by Gasteiger charge is -2.26. The minimum absolute atomic E-state index is 0.0407. The summed E-state index contributed by atoms with van der Waals surface area (Å²) in [5.74, 6) is -1.35. The zero-order valence-corrected chi connectivity index (χ0v) is 33.0. The first-order valence-electron chi connectivity index (χ1n) is 18.8. The van der Waals surface area contributed by atoms with Gasteiger partial charge in [-0.3, -0.25) is 42.3 Å². The van der Waals surface area contributed by atoms with Crippen LogP contribution in [0.1, 0.15) is 83.3 Å². The molecule has 6 rings (SSSR count). The highest BCUT2D eigenvalue weighted by molar-refractivity contribution is 7.48. The number of phosphoric acid groups is 1. The molecule has 2 aromatic carbocycles. The van der Waals surface area contributed by atoms with Crippen molar-refractivity contribution in [1.29, 1.82) is 0 Å². The number of carbonyl (C=O) groups excluding carboxylic acids is 2. The van der Waals surface area contributed by atoms with Crippen LogP contribution >= 0.6 is 7.82 Å². The van der Waals surface area contributed by atoms with Gasteiger partial charge in [-0.25, -0.2) is 23.7 Å². The molecule has 18 nitrogen and oxygen atoms in total. The number of phosphoric ester groups is 1. The van der Waals surface area contributed by atoms with E-state index in [1.165, 1.54) is 26.2 Å². The number of hydrogen-bond donors (Lipinski definition) is 2. The smallest absolute Gasteiger partial charge is 0.459 e. The average molecular weight is 825 g/mol. The van der Waals surface area contributed by atoms with E-state index in [4.69, 9.17) is 32.5 Å². The summed E-state index contributed by atoms with van der Waals surface area (Å²) in [5.41, 5.74) is -1.69. The van der Waals surface area contributed by atoms with Crippen molar-refractivity contribution >= 4 is 19.8 Å². The Morgan fingerprint density at radius 3 is 1.79 bits per heavy atom. The maximum Gasteiger partial charge on any atom is 0.475 e. The van der Waals surface area contributed by atoms with Gasteiger partial charge in [0, 0.05) is 36.4 Å². The Morgan fingerprint density at radius 2 is 1.24 bits per heavy atom. The molecular weight excluding hydrogens is 779 g/mol. The second-order valence-electron chi connectivity index (χ2n) is 13.9. The highest BCUT2D eigenvalue weighted by Gasteiger charge is 2.46. The molecule has 2 saturated heterocycles. The molecule has 2 aromatic heterocycles. The number of rotatable bonds is 17. The molecule has 0 spiro atoms. The number of nitrogens with zero attached hydrogens (tertiary/aromatic N) is 2. The summed E-state index contributed by atoms with van der Waals surface area (Å²) >= 11 is 0. The third-order valence-electron chi connectivity index (χ3n) is 9.59. The quantitative estimate of drug-likeness (QED) is 0.0870. The van der Waals surface area contributed by atoms with Gasteiger partial charge in [0.15, 0.2) is 0 Å². The Hall–Kier alpha value is -5.23. The molecule has 0 aliphatic carbocycles. The summed E-state index contributed by atoms with van der Waals surface area (Å²) in [7, 11) is -4.59. The van der Waals surface area contributed by atoms with Crippen molar-refractivity contribution in [3.05, 3.63) is 137 Å². The summed E-state index contributed by atoms with van der Waals surface area (Å²) in [6.07, 6.45) is -1.95. The zero-order chi connectivity index (χ0) is 41.4. The summed E-state index contributed by atoms with van der Waals surface area (Å²) in [5, 5.41) is 0. The molecule has 19 heteroatoms. The summed E-state index contributed by atoms with van der Waals surface area (Å²) in [6.45, 7) is 4.06. The summed E-state index contributed by atoms with van der Waals surface area (Å²) < 4.78 is 58.6. The molecule has 2 aliphatic rings. The van der Waals surface area contributed by atoms with Crippen LogP contribution in [0.4, 0.5) is 0 Å². The number of H-pyrrole nitrogens is 2. The average Bonchev–Trinajstić information content (AvgIpc) is 3.81. The van der Waals surface area contributed by atoms with Crippen LogP contribution in [-0.2, 0) is 37.1 Å².